The van der Waals surface area contributed by atoms with Crippen LogP contribution in [0.2, 0.25) is 0 Å². The van der Waals surface area contributed by atoms with Gasteiger partial charge in [-0.25, -0.2) is 4.90 Å². The lowest BCUT2D eigenvalue weighted by atomic mass is 9.95. The summed E-state index contributed by atoms with van der Waals surface area (Å²) in [6.07, 6.45) is 1.63. The maximum absolute atomic E-state index is 12.7. The molecule has 1 aromatic rings. The van der Waals surface area contributed by atoms with Crippen molar-refractivity contribution >= 4 is 17.5 Å². The summed E-state index contributed by atoms with van der Waals surface area (Å²) in [6.45, 7) is 3.54. The van der Waals surface area contributed by atoms with Crippen LogP contribution >= 0.6 is 0 Å². The van der Waals surface area contributed by atoms with E-state index in [0.29, 0.717) is 16.8 Å². The van der Waals surface area contributed by atoms with Gasteiger partial charge in [0.05, 0.1) is 11.3 Å². The normalized spacial score (nSPS) is 17.0. The molecule has 0 aliphatic carbocycles. The Morgan fingerprint density at radius 2 is 1.68 bits per heavy atom. The Morgan fingerprint density at radius 3 is 2.18 bits per heavy atom. The zero-order valence-electron chi connectivity index (χ0n) is 13.0. The zero-order valence-corrected chi connectivity index (χ0v) is 13.0. The Kier molecular flexibility index (Phi) is 4.13. The highest BCUT2D eigenvalue weighted by atomic mass is 16.2. The first kappa shape index (κ1) is 15.5. The maximum Gasteiger partial charge on any atom is 0.276 e. The fraction of sp³-hybridized carbons (Fsp3) is 0.235. The SMILES string of the molecule is CC1=C(C#N)C(=O)N(c2ccc(C)cc2)C(=O)C1=CN(C)C. The molecule has 5 nitrogen and oxygen atoms in total. The van der Waals surface area contributed by atoms with Crippen LogP contribution in [0.1, 0.15) is 12.5 Å². The van der Waals surface area contributed by atoms with E-state index in [2.05, 4.69) is 0 Å². The Labute approximate surface area is 129 Å². The van der Waals surface area contributed by atoms with E-state index in [-0.39, 0.29) is 5.57 Å². The number of aryl methyl sites for hydroxylation is 1. The summed E-state index contributed by atoms with van der Waals surface area (Å²) in [7, 11) is 3.57. The molecule has 1 heterocycles. The molecule has 5 heteroatoms. The summed E-state index contributed by atoms with van der Waals surface area (Å²) >= 11 is 0. The smallest absolute Gasteiger partial charge is 0.276 e. The predicted molar refractivity (Wildman–Crippen MR) is 83.8 cm³/mol. The third kappa shape index (κ3) is 2.63. The van der Waals surface area contributed by atoms with Gasteiger partial charge in [-0.05, 0) is 31.6 Å². The minimum Gasteiger partial charge on any atom is -0.383 e. The van der Waals surface area contributed by atoms with Gasteiger partial charge in [-0.15, -0.1) is 0 Å². The lowest BCUT2D eigenvalue weighted by molar-refractivity contribution is -0.123. The van der Waals surface area contributed by atoms with Gasteiger partial charge in [0.15, 0.2) is 0 Å². The summed E-state index contributed by atoms with van der Waals surface area (Å²) < 4.78 is 0. The van der Waals surface area contributed by atoms with E-state index < -0.39 is 11.8 Å². The molecule has 112 valence electrons. The summed E-state index contributed by atoms with van der Waals surface area (Å²) in [5.41, 5.74) is 2.24. The van der Waals surface area contributed by atoms with Gasteiger partial charge >= 0.3 is 0 Å². The fourth-order valence-corrected chi connectivity index (χ4v) is 2.25. The van der Waals surface area contributed by atoms with Crippen LogP contribution in [0.15, 0.2) is 47.2 Å². The van der Waals surface area contributed by atoms with Crippen molar-refractivity contribution in [2.75, 3.05) is 19.0 Å². The Hall–Kier alpha value is -2.87. The molecular formula is C17H17N3O2. The van der Waals surface area contributed by atoms with E-state index in [4.69, 9.17) is 0 Å². The summed E-state index contributed by atoms with van der Waals surface area (Å²) in [5.74, 6) is -0.996. The van der Waals surface area contributed by atoms with Crippen molar-refractivity contribution in [3.63, 3.8) is 0 Å². The van der Waals surface area contributed by atoms with Gasteiger partial charge in [-0.1, -0.05) is 17.7 Å². The first-order chi connectivity index (χ1) is 10.4. The van der Waals surface area contributed by atoms with Crippen LogP contribution in [0.25, 0.3) is 0 Å². The maximum atomic E-state index is 12.7. The number of nitrogens with zero attached hydrogens (tertiary/aromatic N) is 3. The van der Waals surface area contributed by atoms with Gasteiger partial charge < -0.3 is 4.90 Å². The molecule has 0 unspecified atom stereocenters. The first-order valence-corrected chi connectivity index (χ1v) is 6.82. The highest BCUT2D eigenvalue weighted by Crippen LogP contribution is 2.29. The van der Waals surface area contributed by atoms with Crippen molar-refractivity contribution < 1.29 is 9.59 Å². The van der Waals surface area contributed by atoms with Gasteiger partial charge in [0.1, 0.15) is 11.6 Å². The average molecular weight is 295 g/mol. The number of hydrogen-bond donors (Lipinski definition) is 0. The number of anilines is 1. The van der Waals surface area contributed by atoms with Crippen LogP contribution in [-0.2, 0) is 9.59 Å². The minimum absolute atomic E-state index is 0.00623. The lowest BCUT2D eigenvalue weighted by Crippen LogP contribution is -2.43. The predicted octanol–water partition coefficient (Wildman–Crippen LogP) is 2.15. The third-order valence-corrected chi connectivity index (χ3v) is 3.42. The second-order valence-electron chi connectivity index (χ2n) is 5.40. The Bertz CT molecular complexity index is 734. The largest absolute Gasteiger partial charge is 0.383 e. The van der Waals surface area contributed by atoms with Crippen LogP contribution < -0.4 is 4.90 Å². The van der Waals surface area contributed by atoms with E-state index in [0.717, 1.165) is 10.5 Å². The van der Waals surface area contributed by atoms with Crippen molar-refractivity contribution in [2.24, 2.45) is 0 Å². The number of amides is 2. The number of imide groups is 1. The zero-order chi connectivity index (χ0) is 16.4. The van der Waals surface area contributed by atoms with E-state index in [9.17, 15) is 14.9 Å². The highest BCUT2D eigenvalue weighted by Gasteiger charge is 2.36. The molecule has 1 aliphatic heterocycles. The molecule has 0 bridgehead atoms. The van der Waals surface area contributed by atoms with E-state index in [1.165, 1.54) is 0 Å². The summed E-state index contributed by atoms with van der Waals surface area (Å²) in [6, 6.07) is 8.96. The lowest BCUT2D eigenvalue weighted by Gasteiger charge is -2.28. The topological polar surface area (TPSA) is 64.4 Å². The van der Waals surface area contributed by atoms with Crippen LogP contribution in [0.4, 0.5) is 5.69 Å². The van der Waals surface area contributed by atoms with Gasteiger partial charge in [0.2, 0.25) is 0 Å². The monoisotopic (exact) mass is 295 g/mol. The second-order valence-corrected chi connectivity index (χ2v) is 5.40. The average Bonchev–Trinajstić information content (AvgIpc) is 2.46. The van der Waals surface area contributed by atoms with E-state index in [1.807, 2.05) is 25.1 Å². The minimum atomic E-state index is -0.579. The van der Waals surface area contributed by atoms with Crippen molar-refractivity contribution in [1.29, 1.82) is 5.26 Å². The molecule has 1 aliphatic rings. The molecule has 0 saturated carbocycles. The van der Waals surface area contributed by atoms with Gasteiger partial charge in [0, 0.05) is 20.3 Å². The number of rotatable bonds is 2. The molecule has 0 saturated heterocycles. The van der Waals surface area contributed by atoms with Crippen molar-refractivity contribution in [3.05, 3.63) is 52.7 Å². The van der Waals surface area contributed by atoms with Crippen molar-refractivity contribution in [3.8, 4) is 6.07 Å². The van der Waals surface area contributed by atoms with Crippen LogP contribution in [-0.4, -0.2) is 30.8 Å². The van der Waals surface area contributed by atoms with Crippen molar-refractivity contribution in [1.82, 2.24) is 4.90 Å². The number of nitriles is 1. The molecule has 0 aromatic heterocycles. The quantitative estimate of drug-likeness (QED) is 0.619. The Balaban J connectivity index is 2.62. The number of benzene rings is 1. The molecular weight excluding hydrogens is 278 g/mol. The van der Waals surface area contributed by atoms with Crippen LogP contribution in [0.3, 0.4) is 0 Å². The number of hydrogen-bond acceptors (Lipinski definition) is 4. The van der Waals surface area contributed by atoms with Crippen LogP contribution in [0.5, 0.6) is 0 Å². The third-order valence-electron chi connectivity index (χ3n) is 3.42. The van der Waals surface area contributed by atoms with E-state index in [1.54, 1.807) is 44.3 Å². The fourth-order valence-electron chi connectivity index (χ4n) is 2.25. The van der Waals surface area contributed by atoms with E-state index >= 15 is 0 Å². The molecule has 0 fully saturated rings. The molecule has 2 amide bonds. The molecule has 0 N–H and O–H groups in total. The molecule has 22 heavy (non-hydrogen) atoms. The second kappa shape index (κ2) is 5.86. The van der Waals surface area contributed by atoms with Gasteiger partial charge in [0.25, 0.3) is 11.8 Å². The van der Waals surface area contributed by atoms with Gasteiger partial charge in [-0.3, -0.25) is 9.59 Å². The first-order valence-electron chi connectivity index (χ1n) is 6.82. The summed E-state index contributed by atoms with van der Waals surface area (Å²) in [4.78, 5) is 27.9. The standard InChI is InChI=1S/C17H17N3O2/c1-11-5-7-13(8-6-11)20-16(21)14(9-18)12(2)15(17(20)22)10-19(3)4/h5-8,10H,1-4H3. The summed E-state index contributed by atoms with van der Waals surface area (Å²) in [5, 5.41) is 9.27. The molecule has 1 aromatic carbocycles. The Morgan fingerprint density at radius 1 is 1.09 bits per heavy atom. The number of carbonyl (C=O) groups excluding carboxylic acids is 2. The van der Waals surface area contributed by atoms with Gasteiger partial charge in [-0.2, -0.15) is 5.26 Å². The molecule has 0 radical (unpaired) electrons. The molecule has 0 atom stereocenters. The number of carbonyl (C=O) groups is 2. The molecule has 0 spiro atoms. The van der Waals surface area contributed by atoms with Crippen molar-refractivity contribution in [2.45, 2.75) is 13.8 Å². The van der Waals surface area contributed by atoms with Crippen LogP contribution in [0, 0.1) is 18.3 Å². The molecule has 2 rings (SSSR count). The highest BCUT2D eigenvalue weighted by molar-refractivity contribution is 6.31.